The Labute approximate surface area is 218 Å². The van der Waals surface area contributed by atoms with Crippen LogP contribution in [0.1, 0.15) is 73.7 Å². The first kappa shape index (κ1) is 25.3. The molecule has 0 unspecified atom stereocenters. The highest BCUT2D eigenvalue weighted by atomic mass is 16.1. The molecule has 0 spiro atoms. The minimum Gasteiger partial charge on any atom is -0.321 e. The Morgan fingerprint density at radius 1 is 1.08 bits per heavy atom. The summed E-state index contributed by atoms with van der Waals surface area (Å²) in [6.07, 6.45) is 5.59. The predicted molar refractivity (Wildman–Crippen MR) is 147 cm³/mol. The standard InChI is InChI=1S/C30H38N6O/c1-20(2)28(29-32-33-34-36(29)17-16-23-10-6-5-7-11-23)35(26-12-8-9-13-26)19-25-18-24-15-14-21(3)22(4)27(24)31-30(25)37/h5-7,10-11,14-15,18,20,26,28H,8-9,12-13,16-17,19H2,1-4H3,(H,31,37)/t28-/m1/s1. The molecule has 0 amide bonds. The number of nitrogens with one attached hydrogen (secondary N) is 1. The molecule has 1 fully saturated rings. The summed E-state index contributed by atoms with van der Waals surface area (Å²) in [7, 11) is 0. The van der Waals surface area contributed by atoms with Crippen molar-refractivity contribution in [3.63, 3.8) is 0 Å². The fourth-order valence-corrected chi connectivity index (χ4v) is 5.87. The van der Waals surface area contributed by atoms with E-state index < -0.39 is 0 Å². The molecule has 0 aliphatic heterocycles. The summed E-state index contributed by atoms with van der Waals surface area (Å²) in [5.74, 6) is 1.17. The Bertz CT molecular complexity index is 1400. The molecule has 194 valence electrons. The van der Waals surface area contributed by atoms with Crippen LogP contribution in [0.2, 0.25) is 0 Å². The Hall–Kier alpha value is -3.32. The highest BCUT2D eigenvalue weighted by Crippen LogP contribution is 2.36. The lowest BCUT2D eigenvalue weighted by Crippen LogP contribution is -2.41. The van der Waals surface area contributed by atoms with Crippen LogP contribution in [0, 0.1) is 19.8 Å². The summed E-state index contributed by atoms with van der Waals surface area (Å²) in [5, 5.41) is 14.1. The summed E-state index contributed by atoms with van der Waals surface area (Å²) >= 11 is 0. The number of fused-ring (bicyclic) bond motifs is 1. The summed E-state index contributed by atoms with van der Waals surface area (Å²) < 4.78 is 1.97. The van der Waals surface area contributed by atoms with Crippen LogP contribution >= 0.6 is 0 Å². The number of aromatic nitrogens is 5. The second-order valence-corrected chi connectivity index (χ2v) is 10.9. The van der Waals surface area contributed by atoms with Crippen LogP contribution in [0.15, 0.2) is 53.3 Å². The third-order valence-electron chi connectivity index (χ3n) is 8.04. The Morgan fingerprint density at radius 3 is 2.57 bits per heavy atom. The van der Waals surface area contributed by atoms with Gasteiger partial charge in [0.05, 0.1) is 11.6 Å². The third-order valence-corrected chi connectivity index (χ3v) is 8.04. The minimum atomic E-state index is -0.00428. The van der Waals surface area contributed by atoms with Crippen LogP contribution in [0.4, 0.5) is 0 Å². The molecule has 0 radical (unpaired) electrons. The van der Waals surface area contributed by atoms with Crippen molar-refractivity contribution >= 4 is 10.9 Å². The first-order chi connectivity index (χ1) is 17.9. The maximum atomic E-state index is 13.3. The first-order valence-corrected chi connectivity index (χ1v) is 13.6. The zero-order valence-corrected chi connectivity index (χ0v) is 22.4. The number of benzene rings is 2. The zero-order chi connectivity index (χ0) is 25.9. The van der Waals surface area contributed by atoms with Crippen molar-refractivity contribution in [3.05, 3.63) is 87.0 Å². The molecule has 1 aliphatic rings. The van der Waals surface area contributed by atoms with Gasteiger partial charge in [-0.1, -0.05) is 69.2 Å². The maximum absolute atomic E-state index is 13.3. The smallest absolute Gasteiger partial charge is 0.252 e. The SMILES string of the molecule is Cc1ccc2cc(CN(C3CCCC3)[C@@H](c3nnnn3CCc3ccccc3)C(C)C)c(=O)[nH]c2c1C. The van der Waals surface area contributed by atoms with Gasteiger partial charge in [0.25, 0.3) is 5.56 Å². The van der Waals surface area contributed by atoms with Gasteiger partial charge in [-0.15, -0.1) is 5.10 Å². The Kier molecular flexibility index (Phi) is 7.51. The molecule has 1 saturated carbocycles. The number of aryl methyl sites for hydroxylation is 4. The molecular formula is C30H38N6O. The van der Waals surface area contributed by atoms with Crippen molar-refractivity contribution < 1.29 is 0 Å². The normalized spacial score (nSPS) is 15.3. The molecule has 2 aromatic carbocycles. The van der Waals surface area contributed by atoms with Crippen LogP contribution in [-0.4, -0.2) is 36.1 Å². The number of hydrogen-bond acceptors (Lipinski definition) is 5. The van der Waals surface area contributed by atoms with Gasteiger partial charge in [-0.05, 0) is 77.6 Å². The second-order valence-electron chi connectivity index (χ2n) is 10.9. The van der Waals surface area contributed by atoms with Gasteiger partial charge < -0.3 is 4.98 Å². The van der Waals surface area contributed by atoms with Crippen molar-refractivity contribution in [2.24, 2.45) is 5.92 Å². The number of aromatic amines is 1. The third kappa shape index (κ3) is 5.37. The average Bonchev–Trinajstić information content (AvgIpc) is 3.59. The van der Waals surface area contributed by atoms with E-state index in [9.17, 15) is 4.79 Å². The van der Waals surface area contributed by atoms with E-state index in [0.29, 0.717) is 12.6 Å². The molecule has 5 rings (SSSR count). The number of pyridine rings is 1. The number of rotatable bonds is 9. The van der Waals surface area contributed by atoms with Crippen LogP contribution in [0.3, 0.4) is 0 Å². The molecule has 0 saturated heterocycles. The Morgan fingerprint density at radius 2 is 1.84 bits per heavy atom. The number of nitrogens with zero attached hydrogens (tertiary/aromatic N) is 5. The van der Waals surface area contributed by atoms with Crippen molar-refractivity contribution in [1.82, 2.24) is 30.1 Å². The van der Waals surface area contributed by atoms with Crippen molar-refractivity contribution in [1.29, 1.82) is 0 Å². The fourth-order valence-electron chi connectivity index (χ4n) is 5.87. The monoisotopic (exact) mass is 498 g/mol. The van der Waals surface area contributed by atoms with Gasteiger partial charge in [0.15, 0.2) is 5.82 Å². The molecule has 0 bridgehead atoms. The quantitative estimate of drug-likeness (QED) is 0.329. The summed E-state index contributed by atoms with van der Waals surface area (Å²) in [5.41, 5.74) is 5.32. The van der Waals surface area contributed by atoms with Crippen LogP contribution < -0.4 is 5.56 Å². The van der Waals surface area contributed by atoms with E-state index in [1.165, 1.54) is 24.0 Å². The first-order valence-electron chi connectivity index (χ1n) is 13.6. The molecule has 37 heavy (non-hydrogen) atoms. The summed E-state index contributed by atoms with van der Waals surface area (Å²) in [4.78, 5) is 19.0. The topological polar surface area (TPSA) is 79.7 Å². The second kappa shape index (κ2) is 11.0. The van der Waals surface area contributed by atoms with Gasteiger partial charge in [0, 0.05) is 24.7 Å². The van der Waals surface area contributed by atoms with Gasteiger partial charge in [-0.3, -0.25) is 9.69 Å². The predicted octanol–water partition coefficient (Wildman–Crippen LogP) is 5.52. The van der Waals surface area contributed by atoms with Gasteiger partial charge >= 0.3 is 0 Å². The van der Waals surface area contributed by atoms with Crippen molar-refractivity contribution in [2.75, 3.05) is 0 Å². The molecule has 7 heteroatoms. The van der Waals surface area contributed by atoms with Gasteiger partial charge in [-0.2, -0.15) is 0 Å². The molecular weight excluding hydrogens is 460 g/mol. The van der Waals surface area contributed by atoms with E-state index in [0.717, 1.165) is 53.7 Å². The van der Waals surface area contributed by atoms with E-state index in [2.05, 4.69) is 95.6 Å². The molecule has 1 aliphatic carbocycles. The lowest BCUT2D eigenvalue weighted by molar-refractivity contribution is 0.0840. The molecule has 1 N–H and O–H groups in total. The molecule has 4 aromatic rings. The minimum absolute atomic E-state index is 0.00428. The van der Waals surface area contributed by atoms with E-state index in [4.69, 9.17) is 0 Å². The highest BCUT2D eigenvalue weighted by Gasteiger charge is 2.35. The molecule has 7 nitrogen and oxygen atoms in total. The van der Waals surface area contributed by atoms with Crippen molar-refractivity contribution in [2.45, 2.75) is 85.0 Å². The largest absolute Gasteiger partial charge is 0.321 e. The fraction of sp³-hybridized carbons (Fsp3) is 0.467. The van der Waals surface area contributed by atoms with Crippen molar-refractivity contribution in [3.8, 4) is 0 Å². The summed E-state index contributed by atoms with van der Waals surface area (Å²) in [6, 6.07) is 17.2. The van der Waals surface area contributed by atoms with E-state index in [1.807, 2.05) is 10.7 Å². The highest BCUT2D eigenvalue weighted by molar-refractivity contribution is 5.83. The van der Waals surface area contributed by atoms with E-state index in [-0.39, 0.29) is 17.5 Å². The lowest BCUT2D eigenvalue weighted by Gasteiger charge is -2.38. The number of tetrazole rings is 1. The molecule has 1 atom stereocenters. The van der Waals surface area contributed by atoms with Gasteiger partial charge in [0.1, 0.15) is 0 Å². The maximum Gasteiger partial charge on any atom is 0.252 e. The number of hydrogen-bond donors (Lipinski definition) is 1. The Balaban J connectivity index is 1.49. The average molecular weight is 499 g/mol. The van der Waals surface area contributed by atoms with Crippen LogP contribution in [0.25, 0.3) is 10.9 Å². The molecule has 2 heterocycles. The van der Waals surface area contributed by atoms with E-state index in [1.54, 1.807) is 0 Å². The molecule has 2 aromatic heterocycles. The zero-order valence-electron chi connectivity index (χ0n) is 22.4. The van der Waals surface area contributed by atoms with Gasteiger partial charge in [0.2, 0.25) is 0 Å². The van der Waals surface area contributed by atoms with Crippen LogP contribution in [-0.2, 0) is 19.5 Å². The van der Waals surface area contributed by atoms with Gasteiger partial charge in [-0.25, -0.2) is 4.68 Å². The van der Waals surface area contributed by atoms with E-state index >= 15 is 0 Å². The lowest BCUT2D eigenvalue weighted by atomic mass is 9.97. The number of H-pyrrole nitrogens is 1. The van der Waals surface area contributed by atoms with Crippen LogP contribution in [0.5, 0.6) is 0 Å². The summed E-state index contributed by atoms with van der Waals surface area (Å²) in [6.45, 7) is 9.93.